The zero-order chi connectivity index (χ0) is 8.81. The molecule has 2 N–H and O–H groups in total. The van der Waals surface area contributed by atoms with Crippen molar-refractivity contribution in [3.63, 3.8) is 0 Å². The number of nitrogens with two attached hydrogens (primary N) is 1. The van der Waals surface area contributed by atoms with E-state index < -0.39 is 0 Å². The van der Waals surface area contributed by atoms with E-state index in [1.165, 1.54) is 0 Å². The third-order valence-corrected chi connectivity index (χ3v) is 1.70. The minimum Gasteiger partial charge on any atom is -0.449 e. The van der Waals surface area contributed by atoms with Gasteiger partial charge in [0.15, 0.2) is 5.89 Å². The lowest BCUT2D eigenvalue weighted by molar-refractivity contribution is 0.491. The van der Waals surface area contributed by atoms with Gasteiger partial charge in [-0.25, -0.2) is 4.98 Å². The van der Waals surface area contributed by atoms with Crippen LogP contribution in [0, 0.1) is 0 Å². The summed E-state index contributed by atoms with van der Waals surface area (Å²) in [5, 5.41) is 0. The van der Waals surface area contributed by atoms with Crippen LogP contribution in [0.1, 0.15) is 31.4 Å². The molecule has 0 aliphatic carbocycles. The van der Waals surface area contributed by atoms with Crippen molar-refractivity contribution in [1.29, 1.82) is 0 Å². The molecule has 3 heteroatoms. The number of nitrogens with zero attached hydrogens (tertiary/aromatic N) is 1. The van der Waals surface area contributed by atoms with E-state index in [-0.39, 0.29) is 0 Å². The average molecular weight is 168 g/mol. The predicted octanol–water partition coefficient (Wildman–Crippen LogP) is 1.52. The molecule has 0 fully saturated rings. The molecule has 0 bridgehead atoms. The molecule has 0 aromatic carbocycles. The molecule has 12 heavy (non-hydrogen) atoms. The van der Waals surface area contributed by atoms with Gasteiger partial charge in [-0.05, 0) is 25.8 Å². The Morgan fingerprint density at radius 2 is 2.33 bits per heavy atom. The maximum Gasteiger partial charge on any atom is 0.194 e. The van der Waals surface area contributed by atoms with Crippen molar-refractivity contribution in [2.75, 3.05) is 6.54 Å². The summed E-state index contributed by atoms with van der Waals surface area (Å²) in [7, 11) is 0. The maximum absolute atomic E-state index is 5.38. The second kappa shape index (κ2) is 4.93. The molecule has 0 aliphatic heterocycles. The summed E-state index contributed by atoms with van der Waals surface area (Å²) in [6.45, 7) is 2.83. The zero-order valence-electron chi connectivity index (χ0n) is 7.55. The monoisotopic (exact) mass is 168 g/mol. The highest BCUT2D eigenvalue weighted by Crippen LogP contribution is 2.05. The molecule has 68 valence electrons. The number of oxazole rings is 1. The van der Waals surface area contributed by atoms with Gasteiger partial charge in [0.2, 0.25) is 0 Å². The van der Waals surface area contributed by atoms with Gasteiger partial charge in [-0.1, -0.05) is 6.92 Å². The van der Waals surface area contributed by atoms with Gasteiger partial charge in [0.25, 0.3) is 0 Å². The topological polar surface area (TPSA) is 52.0 Å². The van der Waals surface area contributed by atoms with E-state index in [0.717, 1.165) is 43.8 Å². The Morgan fingerprint density at radius 1 is 1.50 bits per heavy atom. The smallest absolute Gasteiger partial charge is 0.194 e. The third-order valence-electron chi connectivity index (χ3n) is 1.70. The number of rotatable bonds is 5. The van der Waals surface area contributed by atoms with Gasteiger partial charge in [0.1, 0.15) is 6.26 Å². The van der Waals surface area contributed by atoms with E-state index in [0.29, 0.717) is 0 Å². The first-order valence-corrected chi connectivity index (χ1v) is 4.50. The Bertz CT molecular complexity index is 220. The minimum absolute atomic E-state index is 0.718. The lowest BCUT2D eigenvalue weighted by Crippen LogP contribution is -2.00. The lowest BCUT2D eigenvalue weighted by atomic mass is 10.2. The van der Waals surface area contributed by atoms with Crippen LogP contribution < -0.4 is 5.73 Å². The largest absolute Gasteiger partial charge is 0.449 e. The second-order valence-electron chi connectivity index (χ2n) is 2.87. The molecule has 0 unspecified atom stereocenters. The predicted molar refractivity (Wildman–Crippen MR) is 47.9 cm³/mol. The first kappa shape index (κ1) is 9.26. The van der Waals surface area contributed by atoms with Gasteiger partial charge in [-0.15, -0.1) is 0 Å². The molecule has 1 rings (SSSR count). The first-order chi connectivity index (χ1) is 5.86. The molecule has 1 heterocycles. The molecule has 0 atom stereocenters. The van der Waals surface area contributed by atoms with Crippen LogP contribution in [0.5, 0.6) is 0 Å². The standard InChI is InChI=1S/C9H16N2O/c1-2-4-9-11-8(7-12-9)5-3-6-10/h7H,2-6,10H2,1H3. The van der Waals surface area contributed by atoms with E-state index in [1.54, 1.807) is 6.26 Å². The molecular formula is C9H16N2O. The molecular weight excluding hydrogens is 152 g/mol. The summed E-state index contributed by atoms with van der Waals surface area (Å²) in [6.07, 6.45) is 5.67. The molecule has 0 saturated heterocycles. The Hall–Kier alpha value is -0.830. The van der Waals surface area contributed by atoms with Crippen molar-refractivity contribution in [1.82, 2.24) is 4.98 Å². The molecule has 0 amide bonds. The molecule has 3 nitrogen and oxygen atoms in total. The highest BCUT2D eigenvalue weighted by molar-refractivity contribution is 4.96. The number of hydrogen-bond donors (Lipinski definition) is 1. The lowest BCUT2D eigenvalue weighted by Gasteiger charge is -1.90. The van der Waals surface area contributed by atoms with Crippen LogP contribution in [0.3, 0.4) is 0 Å². The van der Waals surface area contributed by atoms with E-state index >= 15 is 0 Å². The summed E-state index contributed by atoms with van der Waals surface area (Å²) in [4.78, 5) is 4.32. The van der Waals surface area contributed by atoms with E-state index in [1.807, 2.05) is 0 Å². The van der Waals surface area contributed by atoms with Crippen molar-refractivity contribution in [2.24, 2.45) is 5.73 Å². The van der Waals surface area contributed by atoms with Gasteiger partial charge in [-0.2, -0.15) is 0 Å². The zero-order valence-corrected chi connectivity index (χ0v) is 7.55. The van der Waals surface area contributed by atoms with Gasteiger partial charge >= 0.3 is 0 Å². The second-order valence-corrected chi connectivity index (χ2v) is 2.87. The van der Waals surface area contributed by atoms with Crippen LogP contribution in [-0.4, -0.2) is 11.5 Å². The number of aromatic nitrogens is 1. The molecule has 1 aromatic rings. The van der Waals surface area contributed by atoms with Crippen molar-refractivity contribution in [2.45, 2.75) is 32.6 Å². The first-order valence-electron chi connectivity index (χ1n) is 4.50. The minimum atomic E-state index is 0.718. The van der Waals surface area contributed by atoms with Crippen LogP contribution in [0.25, 0.3) is 0 Å². The van der Waals surface area contributed by atoms with Crippen molar-refractivity contribution >= 4 is 0 Å². The van der Waals surface area contributed by atoms with E-state index in [4.69, 9.17) is 10.2 Å². The molecule has 0 saturated carbocycles. The van der Waals surface area contributed by atoms with Crippen LogP contribution in [0.2, 0.25) is 0 Å². The number of aryl methyl sites for hydroxylation is 2. The Balaban J connectivity index is 2.41. The Morgan fingerprint density at radius 3 is 3.00 bits per heavy atom. The van der Waals surface area contributed by atoms with Gasteiger partial charge in [0.05, 0.1) is 5.69 Å². The average Bonchev–Trinajstić information content (AvgIpc) is 2.50. The maximum atomic E-state index is 5.38. The fraction of sp³-hybridized carbons (Fsp3) is 0.667. The van der Waals surface area contributed by atoms with Crippen molar-refractivity contribution in [3.8, 4) is 0 Å². The van der Waals surface area contributed by atoms with E-state index in [2.05, 4.69) is 11.9 Å². The fourth-order valence-corrected chi connectivity index (χ4v) is 1.08. The molecule has 0 aliphatic rings. The number of hydrogen-bond acceptors (Lipinski definition) is 3. The summed E-state index contributed by atoms with van der Waals surface area (Å²) < 4.78 is 5.25. The van der Waals surface area contributed by atoms with Gasteiger partial charge in [0, 0.05) is 6.42 Å². The summed E-state index contributed by atoms with van der Waals surface area (Å²) in [5.74, 6) is 0.851. The van der Waals surface area contributed by atoms with Gasteiger partial charge < -0.3 is 10.2 Å². The third kappa shape index (κ3) is 2.66. The fourth-order valence-electron chi connectivity index (χ4n) is 1.08. The SMILES string of the molecule is CCCc1nc(CCCN)co1. The summed E-state index contributed by atoms with van der Waals surface area (Å²) in [5.41, 5.74) is 6.41. The Kier molecular flexibility index (Phi) is 3.80. The summed E-state index contributed by atoms with van der Waals surface area (Å²) in [6, 6.07) is 0. The molecule has 0 spiro atoms. The van der Waals surface area contributed by atoms with Crippen molar-refractivity contribution < 1.29 is 4.42 Å². The molecule has 1 aromatic heterocycles. The van der Waals surface area contributed by atoms with Crippen molar-refractivity contribution in [3.05, 3.63) is 17.8 Å². The Labute approximate surface area is 73.0 Å². The van der Waals surface area contributed by atoms with Crippen LogP contribution in [0.15, 0.2) is 10.7 Å². The molecule has 0 radical (unpaired) electrons. The van der Waals surface area contributed by atoms with Crippen LogP contribution in [-0.2, 0) is 12.8 Å². The van der Waals surface area contributed by atoms with E-state index in [9.17, 15) is 0 Å². The van der Waals surface area contributed by atoms with Crippen LogP contribution >= 0.6 is 0 Å². The summed E-state index contributed by atoms with van der Waals surface area (Å²) >= 11 is 0. The highest BCUT2D eigenvalue weighted by atomic mass is 16.3. The normalized spacial score (nSPS) is 10.5. The van der Waals surface area contributed by atoms with Crippen LogP contribution in [0.4, 0.5) is 0 Å². The highest BCUT2D eigenvalue weighted by Gasteiger charge is 2.01. The van der Waals surface area contributed by atoms with Gasteiger partial charge in [-0.3, -0.25) is 0 Å². The quantitative estimate of drug-likeness (QED) is 0.725.